The van der Waals surface area contributed by atoms with Gasteiger partial charge in [-0.1, -0.05) is 24.3 Å². The van der Waals surface area contributed by atoms with E-state index in [0.29, 0.717) is 18.5 Å². The van der Waals surface area contributed by atoms with Crippen LogP contribution in [-0.2, 0) is 17.6 Å². The molecule has 5 rings (SSSR count). The highest BCUT2D eigenvalue weighted by molar-refractivity contribution is 6.09. The van der Waals surface area contributed by atoms with Crippen LogP contribution in [0.25, 0.3) is 11.1 Å². The average molecular weight is 369 g/mol. The van der Waals surface area contributed by atoms with Crippen molar-refractivity contribution < 1.29 is 9.59 Å². The van der Waals surface area contributed by atoms with Gasteiger partial charge in [-0.2, -0.15) is 0 Å². The summed E-state index contributed by atoms with van der Waals surface area (Å²) in [5, 5.41) is 3.13. The van der Waals surface area contributed by atoms with Gasteiger partial charge in [-0.05, 0) is 42.7 Å². The predicted octanol–water partition coefficient (Wildman–Crippen LogP) is 3.84. The van der Waals surface area contributed by atoms with Crippen molar-refractivity contribution in [3.8, 4) is 11.1 Å². The van der Waals surface area contributed by atoms with Crippen LogP contribution in [0.2, 0.25) is 0 Å². The third-order valence-corrected chi connectivity index (χ3v) is 5.49. The summed E-state index contributed by atoms with van der Waals surface area (Å²) >= 11 is 0. The molecule has 0 saturated heterocycles. The Morgan fingerprint density at radius 1 is 1.04 bits per heavy atom. The molecular formula is C23H19N3O2. The SMILES string of the molecule is O=C(Nc1c(-c2cccnc2)cc2c3c1CCN3C(=O)CC2)c1ccccc1. The normalized spacial score (nSPS) is 14.7. The number of amides is 2. The van der Waals surface area contributed by atoms with Gasteiger partial charge in [0.15, 0.2) is 0 Å². The lowest BCUT2D eigenvalue weighted by atomic mass is 9.92. The second-order valence-corrected chi connectivity index (χ2v) is 7.14. The first-order chi connectivity index (χ1) is 13.7. The maximum atomic E-state index is 12.9. The molecule has 5 heteroatoms. The van der Waals surface area contributed by atoms with Crippen LogP contribution in [0.1, 0.15) is 27.9 Å². The molecule has 2 aliphatic heterocycles. The first kappa shape index (κ1) is 16.7. The van der Waals surface area contributed by atoms with Crippen molar-refractivity contribution in [3.63, 3.8) is 0 Å². The lowest BCUT2D eigenvalue weighted by Crippen LogP contribution is -2.32. The Labute approximate surface area is 163 Å². The number of carbonyl (C=O) groups excluding carboxylic acids is 2. The number of aromatic nitrogens is 1. The molecule has 1 aromatic heterocycles. The van der Waals surface area contributed by atoms with E-state index in [2.05, 4.69) is 16.4 Å². The van der Waals surface area contributed by atoms with E-state index in [0.717, 1.165) is 40.9 Å². The average Bonchev–Trinajstić information content (AvgIpc) is 3.20. The Morgan fingerprint density at radius 3 is 2.68 bits per heavy atom. The molecule has 0 atom stereocenters. The molecule has 0 spiro atoms. The van der Waals surface area contributed by atoms with Crippen LogP contribution in [0, 0.1) is 0 Å². The number of carbonyl (C=O) groups is 2. The second-order valence-electron chi connectivity index (χ2n) is 7.14. The minimum absolute atomic E-state index is 0.150. The van der Waals surface area contributed by atoms with Gasteiger partial charge in [0.25, 0.3) is 5.91 Å². The summed E-state index contributed by atoms with van der Waals surface area (Å²) in [5.74, 6) is 0.0169. The van der Waals surface area contributed by atoms with E-state index in [1.54, 1.807) is 18.3 Å². The molecular weight excluding hydrogens is 350 g/mol. The van der Waals surface area contributed by atoms with Crippen molar-refractivity contribution in [2.75, 3.05) is 16.8 Å². The van der Waals surface area contributed by atoms with Gasteiger partial charge in [-0.25, -0.2) is 0 Å². The number of aryl methyl sites for hydroxylation is 1. The molecule has 3 aromatic rings. The van der Waals surface area contributed by atoms with Crippen molar-refractivity contribution >= 4 is 23.2 Å². The number of hydrogen-bond acceptors (Lipinski definition) is 3. The largest absolute Gasteiger partial charge is 0.321 e. The molecule has 28 heavy (non-hydrogen) atoms. The summed E-state index contributed by atoms with van der Waals surface area (Å²) in [4.78, 5) is 31.4. The van der Waals surface area contributed by atoms with Crippen LogP contribution in [-0.4, -0.2) is 23.3 Å². The Hall–Kier alpha value is -3.47. The van der Waals surface area contributed by atoms with E-state index in [9.17, 15) is 9.59 Å². The Balaban J connectivity index is 1.67. The molecule has 2 aliphatic rings. The molecule has 2 amide bonds. The zero-order chi connectivity index (χ0) is 19.1. The molecule has 138 valence electrons. The van der Waals surface area contributed by atoms with Gasteiger partial charge < -0.3 is 10.2 Å². The fourth-order valence-corrected chi connectivity index (χ4v) is 4.19. The molecule has 5 nitrogen and oxygen atoms in total. The van der Waals surface area contributed by atoms with Crippen LogP contribution >= 0.6 is 0 Å². The molecule has 0 saturated carbocycles. The maximum Gasteiger partial charge on any atom is 0.255 e. The number of pyridine rings is 1. The number of hydrogen-bond donors (Lipinski definition) is 1. The van der Waals surface area contributed by atoms with Crippen molar-refractivity contribution in [1.29, 1.82) is 0 Å². The summed E-state index contributed by atoms with van der Waals surface area (Å²) < 4.78 is 0. The third-order valence-electron chi connectivity index (χ3n) is 5.49. The highest BCUT2D eigenvalue weighted by atomic mass is 16.2. The first-order valence-electron chi connectivity index (χ1n) is 9.48. The van der Waals surface area contributed by atoms with Crippen molar-refractivity contribution in [3.05, 3.63) is 77.6 Å². The smallest absolute Gasteiger partial charge is 0.255 e. The molecule has 0 fully saturated rings. The van der Waals surface area contributed by atoms with Crippen LogP contribution in [0.15, 0.2) is 60.9 Å². The molecule has 2 aromatic carbocycles. The second kappa shape index (κ2) is 6.60. The minimum atomic E-state index is -0.150. The number of nitrogens with one attached hydrogen (secondary N) is 1. The molecule has 0 unspecified atom stereocenters. The lowest BCUT2D eigenvalue weighted by Gasteiger charge is -2.27. The van der Waals surface area contributed by atoms with Gasteiger partial charge in [0.2, 0.25) is 5.91 Å². The van der Waals surface area contributed by atoms with Crippen LogP contribution in [0.4, 0.5) is 11.4 Å². The van der Waals surface area contributed by atoms with Crippen LogP contribution < -0.4 is 10.2 Å². The van der Waals surface area contributed by atoms with Gasteiger partial charge in [0, 0.05) is 47.6 Å². The fraction of sp³-hybridized carbons (Fsp3) is 0.174. The van der Waals surface area contributed by atoms with E-state index in [1.165, 1.54) is 5.56 Å². The van der Waals surface area contributed by atoms with E-state index < -0.39 is 0 Å². The van der Waals surface area contributed by atoms with Gasteiger partial charge in [0.1, 0.15) is 0 Å². The van der Waals surface area contributed by atoms with Gasteiger partial charge in [-0.15, -0.1) is 0 Å². The van der Waals surface area contributed by atoms with Gasteiger partial charge in [-0.3, -0.25) is 14.6 Å². The fourth-order valence-electron chi connectivity index (χ4n) is 4.19. The highest BCUT2D eigenvalue weighted by Crippen LogP contribution is 2.45. The lowest BCUT2D eigenvalue weighted by molar-refractivity contribution is -0.118. The number of nitrogens with zero attached hydrogens (tertiary/aromatic N) is 2. The number of benzene rings is 2. The molecule has 0 radical (unpaired) electrons. The van der Waals surface area contributed by atoms with E-state index in [-0.39, 0.29) is 11.8 Å². The van der Waals surface area contributed by atoms with Crippen LogP contribution in [0.3, 0.4) is 0 Å². The van der Waals surface area contributed by atoms with Crippen LogP contribution in [0.5, 0.6) is 0 Å². The highest BCUT2D eigenvalue weighted by Gasteiger charge is 2.34. The van der Waals surface area contributed by atoms with Gasteiger partial charge in [0.05, 0.1) is 11.4 Å². The monoisotopic (exact) mass is 369 g/mol. The molecule has 3 heterocycles. The Morgan fingerprint density at radius 2 is 1.89 bits per heavy atom. The Kier molecular flexibility index (Phi) is 3.93. The zero-order valence-electron chi connectivity index (χ0n) is 15.3. The zero-order valence-corrected chi connectivity index (χ0v) is 15.3. The number of rotatable bonds is 3. The van der Waals surface area contributed by atoms with Crippen molar-refractivity contribution in [2.24, 2.45) is 0 Å². The van der Waals surface area contributed by atoms with Crippen molar-refractivity contribution in [2.45, 2.75) is 19.3 Å². The standard InChI is InChI=1S/C23H19N3O2/c27-20-9-8-16-13-19(17-7-4-11-24-14-17)21(18-10-12-26(20)22(16)18)25-23(28)15-5-2-1-3-6-15/h1-7,11,13-14H,8-10,12H2,(H,25,28). The maximum absolute atomic E-state index is 12.9. The first-order valence-corrected chi connectivity index (χ1v) is 9.48. The summed E-state index contributed by atoms with van der Waals surface area (Å²) in [6.45, 7) is 0.672. The summed E-state index contributed by atoms with van der Waals surface area (Å²) in [7, 11) is 0. The van der Waals surface area contributed by atoms with E-state index >= 15 is 0 Å². The van der Waals surface area contributed by atoms with Crippen molar-refractivity contribution in [1.82, 2.24) is 4.98 Å². The molecule has 0 bridgehead atoms. The third kappa shape index (κ3) is 2.67. The summed E-state index contributed by atoms with van der Waals surface area (Å²) in [6.07, 6.45) is 5.57. The summed E-state index contributed by atoms with van der Waals surface area (Å²) in [5.41, 5.74) is 6.53. The van der Waals surface area contributed by atoms with E-state index in [4.69, 9.17) is 0 Å². The Bertz CT molecular complexity index is 1080. The molecule has 0 aliphatic carbocycles. The molecule has 1 N–H and O–H groups in total. The predicted molar refractivity (Wildman–Crippen MR) is 108 cm³/mol. The van der Waals surface area contributed by atoms with Gasteiger partial charge >= 0.3 is 0 Å². The van der Waals surface area contributed by atoms with E-state index in [1.807, 2.05) is 41.4 Å². The summed E-state index contributed by atoms with van der Waals surface area (Å²) in [6, 6.07) is 15.2. The minimum Gasteiger partial charge on any atom is -0.321 e. The quantitative estimate of drug-likeness (QED) is 0.763. The topological polar surface area (TPSA) is 62.3 Å². The number of anilines is 2.